The third-order valence-corrected chi connectivity index (χ3v) is 4.14. The maximum absolute atomic E-state index is 14.0. The van der Waals surface area contributed by atoms with Gasteiger partial charge in [0.05, 0.1) is 19.4 Å². The molecule has 0 radical (unpaired) electrons. The van der Waals surface area contributed by atoms with Crippen molar-refractivity contribution >= 4 is 17.3 Å². The highest BCUT2D eigenvalue weighted by molar-refractivity contribution is 5.95. The van der Waals surface area contributed by atoms with E-state index in [-0.39, 0.29) is 11.7 Å². The fourth-order valence-corrected chi connectivity index (χ4v) is 2.90. The van der Waals surface area contributed by atoms with E-state index < -0.39 is 6.04 Å². The van der Waals surface area contributed by atoms with Gasteiger partial charge in [-0.25, -0.2) is 4.39 Å². The van der Waals surface area contributed by atoms with Gasteiger partial charge in [-0.2, -0.15) is 5.10 Å². The van der Waals surface area contributed by atoms with Crippen molar-refractivity contribution in [1.82, 2.24) is 15.1 Å². The monoisotopic (exact) mass is 347 g/mol. The molecule has 7 nitrogen and oxygen atoms in total. The molecule has 1 atom stereocenters. The lowest BCUT2D eigenvalue weighted by Crippen LogP contribution is -2.36. The molecule has 134 valence electrons. The Balaban J connectivity index is 1.77. The number of hydrogen-bond acceptors (Lipinski definition) is 5. The van der Waals surface area contributed by atoms with Crippen LogP contribution in [0.1, 0.15) is 11.6 Å². The fraction of sp³-hybridized carbons (Fsp3) is 0.412. The first-order valence-electron chi connectivity index (χ1n) is 8.17. The van der Waals surface area contributed by atoms with Crippen molar-refractivity contribution in [2.24, 2.45) is 7.05 Å². The van der Waals surface area contributed by atoms with Gasteiger partial charge in [0.25, 0.3) is 0 Å². The summed E-state index contributed by atoms with van der Waals surface area (Å²) in [5.41, 5.74) is 1.91. The van der Waals surface area contributed by atoms with Gasteiger partial charge in [-0.15, -0.1) is 0 Å². The average Bonchev–Trinajstić information content (AvgIpc) is 3.02. The number of nitrogens with zero attached hydrogens (tertiary/aromatic N) is 3. The summed E-state index contributed by atoms with van der Waals surface area (Å²) in [6, 6.07) is 4.00. The predicted molar refractivity (Wildman–Crippen MR) is 93.1 cm³/mol. The first-order chi connectivity index (χ1) is 12.1. The van der Waals surface area contributed by atoms with E-state index in [0.717, 1.165) is 11.3 Å². The molecule has 2 heterocycles. The van der Waals surface area contributed by atoms with Gasteiger partial charge in [-0.3, -0.25) is 9.48 Å². The van der Waals surface area contributed by atoms with E-state index in [9.17, 15) is 9.18 Å². The molecule has 0 saturated carbocycles. The minimum absolute atomic E-state index is 0.269. The van der Waals surface area contributed by atoms with Gasteiger partial charge in [-0.1, -0.05) is 0 Å². The Labute approximate surface area is 145 Å². The molecule has 0 aliphatic carbocycles. The van der Waals surface area contributed by atoms with Gasteiger partial charge >= 0.3 is 0 Å². The zero-order valence-corrected chi connectivity index (χ0v) is 14.3. The highest BCUT2D eigenvalue weighted by Crippen LogP contribution is 2.24. The van der Waals surface area contributed by atoms with Gasteiger partial charge in [-0.05, 0) is 25.2 Å². The van der Waals surface area contributed by atoms with E-state index >= 15 is 0 Å². The molecule has 2 N–H and O–H groups in total. The normalized spacial score (nSPS) is 15.9. The summed E-state index contributed by atoms with van der Waals surface area (Å²) in [6.45, 7) is 2.62. The number of likely N-dealkylation sites (N-methyl/N-ethyl adjacent to an activating group) is 1. The molecule has 1 aromatic heterocycles. The first kappa shape index (κ1) is 17.4. The summed E-state index contributed by atoms with van der Waals surface area (Å²) in [5, 5.41) is 9.83. The number of ether oxygens (including phenoxy) is 1. The number of halogens is 1. The molecular formula is C17H22FN5O2. The Morgan fingerprint density at radius 1 is 1.32 bits per heavy atom. The lowest BCUT2D eigenvalue weighted by Gasteiger charge is -2.29. The van der Waals surface area contributed by atoms with Crippen molar-refractivity contribution in [3.05, 3.63) is 42.0 Å². The van der Waals surface area contributed by atoms with E-state index in [1.807, 2.05) is 4.90 Å². The van der Waals surface area contributed by atoms with Crippen molar-refractivity contribution < 1.29 is 13.9 Å². The molecule has 2 aromatic rings. The summed E-state index contributed by atoms with van der Waals surface area (Å²) in [5.74, 6) is -0.657. The number of amides is 1. The minimum Gasteiger partial charge on any atom is -0.378 e. The SMILES string of the molecule is CNC(C(=O)Nc1cc(F)cc(N2CCOCC2)c1)c1cnn(C)c1. The van der Waals surface area contributed by atoms with Crippen LogP contribution in [0.4, 0.5) is 15.8 Å². The Bertz CT molecular complexity index is 742. The van der Waals surface area contributed by atoms with Crippen molar-refractivity contribution in [2.75, 3.05) is 43.6 Å². The zero-order chi connectivity index (χ0) is 17.8. The molecule has 1 aliphatic rings. The third kappa shape index (κ3) is 4.15. The van der Waals surface area contributed by atoms with Gasteiger partial charge < -0.3 is 20.3 Å². The number of morpholine rings is 1. The molecule has 0 spiro atoms. The predicted octanol–water partition coefficient (Wildman–Crippen LogP) is 1.29. The molecule has 1 amide bonds. The molecule has 1 saturated heterocycles. The van der Waals surface area contributed by atoms with Crippen LogP contribution < -0.4 is 15.5 Å². The number of carbonyl (C=O) groups excluding carboxylic acids is 1. The van der Waals surface area contributed by atoms with Crippen molar-refractivity contribution in [2.45, 2.75) is 6.04 Å². The number of carbonyl (C=O) groups is 1. The van der Waals surface area contributed by atoms with E-state index in [0.29, 0.717) is 32.0 Å². The van der Waals surface area contributed by atoms with Crippen molar-refractivity contribution in [1.29, 1.82) is 0 Å². The number of hydrogen-bond donors (Lipinski definition) is 2. The summed E-state index contributed by atoms with van der Waals surface area (Å²) in [7, 11) is 3.48. The van der Waals surface area contributed by atoms with Crippen LogP contribution in [0.25, 0.3) is 0 Å². The van der Waals surface area contributed by atoms with Gasteiger partial charge in [0.15, 0.2) is 0 Å². The average molecular weight is 347 g/mol. The standard InChI is InChI=1S/C17H22FN5O2/c1-19-16(12-10-20-22(2)11-12)17(24)21-14-7-13(18)8-15(9-14)23-3-5-25-6-4-23/h7-11,16,19H,3-6H2,1-2H3,(H,21,24). The number of aryl methyl sites for hydroxylation is 1. The Kier molecular flexibility index (Phi) is 5.30. The highest BCUT2D eigenvalue weighted by atomic mass is 19.1. The third-order valence-electron chi connectivity index (χ3n) is 4.14. The highest BCUT2D eigenvalue weighted by Gasteiger charge is 2.21. The van der Waals surface area contributed by atoms with E-state index in [1.165, 1.54) is 12.1 Å². The molecule has 1 aromatic carbocycles. The van der Waals surface area contributed by atoms with Crippen LogP contribution in [-0.4, -0.2) is 49.0 Å². The van der Waals surface area contributed by atoms with Crippen molar-refractivity contribution in [3.8, 4) is 0 Å². The van der Waals surface area contributed by atoms with Crippen LogP contribution in [0.15, 0.2) is 30.6 Å². The summed E-state index contributed by atoms with van der Waals surface area (Å²) >= 11 is 0. The number of anilines is 2. The van der Waals surface area contributed by atoms with Crippen LogP contribution >= 0.6 is 0 Å². The summed E-state index contributed by atoms with van der Waals surface area (Å²) in [4.78, 5) is 14.6. The second-order valence-electron chi connectivity index (χ2n) is 5.96. The molecule has 25 heavy (non-hydrogen) atoms. The molecule has 1 fully saturated rings. The Morgan fingerprint density at radius 2 is 2.08 bits per heavy atom. The van der Waals surface area contributed by atoms with Crippen LogP contribution in [0.5, 0.6) is 0 Å². The van der Waals surface area contributed by atoms with E-state index in [1.54, 1.807) is 37.2 Å². The lowest BCUT2D eigenvalue weighted by molar-refractivity contribution is -0.118. The van der Waals surface area contributed by atoms with Crippen LogP contribution in [0.3, 0.4) is 0 Å². The maximum atomic E-state index is 14.0. The second-order valence-corrected chi connectivity index (χ2v) is 5.96. The maximum Gasteiger partial charge on any atom is 0.246 e. The molecule has 8 heteroatoms. The number of nitrogens with one attached hydrogen (secondary N) is 2. The van der Waals surface area contributed by atoms with Gasteiger partial charge in [0.1, 0.15) is 11.9 Å². The first-order valence-corrected chi connectivity index (χ1v) is 8.17. The Hall–Kier alpha value is -2.45. The zero-order valence-electron chi connectivity index (χ0n) is 14.3. The minimum atomic E-state index is -0.566. The number of aromatic nitrogens is 2. The van der Waals surface area contributed by atoms with E-state index in [2.05, 4.69) is 15.7 Å². The molecule has 3 rings (SSSR count). The fourth-order valence-electron chi connectivity index (χ4n) is 2.90. The van der Waals surface area contributed by atoms with Crippen LogP contribution in [0.2, 0.25) is 0 Å². The number of rotatable bonds is 5. The summed E-state index contributed by atoms with van der Waals surface area (Å²) < 4.78 is 21.0. The quantitative estimate of drug-likeness (QED) is 0.853. The topological polar surface area (TPSA) is 71.4 Å². The van der Waals surface area contributed by atoms with Crippen LogP contribution in [-0.2, 0) is 16.6 Å². The lowest BCUT2D eigenvalue weighted by atomic mass is 10.1. The smallest absolute Gasteiger partial charge is 0.246 e. The number of benzene rings is 1. The van der Waals surface area contributed by atoms with Crippen LogP contribution in [0, 0.1) is 5.82 Å². The second kappa shape index (κ2) is 7.62. The van der Waals surface area contributed by atoms with Gasteiger partial charge in [0, 0.05) is 43.3 Å². The largest absolute Gasteiger partial charge is 0.378 e. The van der Waals surface area contributed by atoms with Crippen molar-refractivity contribution in [3.63, 3.8) is 0 Å². The van der Waals surface area contributed by atoms with Gasteiger partial charge in [0.2, 0.25) is 5.91 Å². The molecule has 0 bridgehead atoms. The molecule has 1 aliphatic heterocycles. The Morgan fingerprint density at radius 3 is 2.72 bits per heavy atom. The van der Waals surface area contributed by atoms with E-state index in [4.69, 9.17) is 4.74 Å². The summed E-state index contributed by atoms with van der Waals surface area (Å²) in [6.07, 6.45) is 3.40. The molecule has 1 unspecified atom stereocenters. The molecular weight excluding hydrogens is 325 g/mol.